The Kier molecular flexibility index (Phi) is 1.99. The van der Waals surface area contributed by atoms with Crippen molar-refractivity contribution in [2.75, 3.05) is 11.9 Å². The molecule has 1 aliphatic carbocycles. The van der Waals surface area contributed by atoms with Crippen LogP contribution in [0.4, 0.5) is 5.82 Å². The van der Waals surface area contributed by atoms with Gasteiger partial charge < -0.3 is 0 Å². The van der Waals surface area contributed by atoms with E-state index in [4.69, 9.17) is 0 Å². The summed E-state index contributed by atoms with van der Waals surface area (Å²) in [7, 11) is 1.78. The van der Waals surface area contributed by atoms with E-state index in [1.165, 1.54) is 0 Å². The van der Waals surface area contributed by atoms with Crippen LogP contribution in [0.5, 0.6) is 0 Å². The van der Waals surface area contributed by atoms with Gasteiger partial charge >= 0.3 is 0 Å². The lowest BCUT2D eigenvalue weighted by atomic mass is 10.2. The zero-order valence-corrected chi connectivity index (χ0v) is 10.4. The first-order chi connectivity index (χ1) is 7.20. The number of amides is 1. The average Bonchev–Trinajstić information content (AvgIpc) is 3.05. The maximum absolute atomic E-state index is 12.0. The van der Waals surface area contributed by atoms with Crippen molar-refractivity contribution in [3.05, 3.63) is 18.1 Å². The second kappa shape index (κ2) is 3.13. The van der Waals surface area contributed by atoms with Crippen LogP contribution < -0.4 is 4.90 Å². The van der Waals surface area contributed by atoms with Gasteiger partial charge in [-0.2, -0.15) is 0 Å². The molecule has 0 bridgehead atoms. The van der Waals surface area contributed by atoms with Gasteiger partial charge in [-0.25, -0.2) is 4.98 Å². The summed E-state index contributed by atoms with van der Waals surface area (Å²) in [6, 6.07) is 0. The minimum absolute atomic E-state index is 0.0774. The average molecular weight is 315 g/mol. The molecule has 3 atom stereocenters. The fourth-order valence-electron chi connectivity index (χ4n) is 2.19. The number of hydrogen-bond donors (Lipinski definition) is 0. The highest BCUT2D eigenvalue weighted by Gasteiger charge is 2.51. The Morgan fingerprint density at radius 3 is 3.00 bits per heavy atom. The number of fused-ring (bicyclic) bond motifs is 3. The number of carbonyl (C=O) groups is 1. The molecule has 0 radical (unpaired) electrons. The van der Waals surface area contributed by atoms with Gasteiger partial charge in [0.25, 0.3) is 0 Å². The number of carbonyl (C=O) groups excluding carboxylic acids is 1. The molecule has 1 saturated carbocycles. The summed E-state index contributed by atoms with van der Waals surface area (Å²) in [5.74, 6) is 1.82. The van der Waals surface area contributed by atoms with Crippen molar-refractivity contribution in [3.8, 4) is 0 Å². The Bertz CT molecular complexity index is 436. The SMILES string of the molecule is CN1C(=O)C(I)C2CC2c2nccnc21. The third-order valence-corrected chi connectivity index (χ3v) is 4.61. The third-order valence-electron chi connectivity index (χ3n) is 3.16. The number of alkyl halides is 1. The van der Waals surface area contributed by atoms with E-state index in [0.29, 0.717) is 11.8 Å². The van der Waals surface area contributed by atoms with Crippen molar-refractivity contribution in [3.63, 3.8) is 0 Å². The molecule has 2 heterocycles. The van der Waals surface area contributed by atoms with Crippen LogP contribution in [0.2, 0.25) is 0 Å². The monoisotopic (exact) mass is 315 g/mol. The molecular formula is C10H10IN3O. The van der Waals surface area contributed by atoms with Gasteiger partial charge in [0.2, 0.25) is 5.91 Å². The van der Waals surface area contributed by atoms with Crippen LogP contribution in [0, 0.1) is 5.92 Å². The van der Waals surface area contributed by atoms with Gasteiger partial charge in [-0.1, -0.05) is 22.6 Å². The lowest BCUT2D eigenvalue weighted by Crippen LogP contribution is -2.34. The van der Waals surface area contributed by atoms with E-state index in [-0.39, 0.29) is 9.83 Å². The third kappa shape index (κ3) is 1.28. The number of anilines is 1. The van der Waals surface area contributed by atoms with Crippen molar-refractivity contribution in [1.82, 2.24) is 9.97 Å². The van der Waals surface area contributed by atoms with Crippen LogP contribution in [0.25, 0.3) is 0 Å². The highest BCUT2D eigenvalue weighted by atomic mass is 127. The summed E-state index contributed by atoms with van der Waals surface area (Å²) in [6.07, 6.45) is 4.44. The van der Waals surface area contributed by atoms with E-state index in [1.54, 1.807) is 24.3 Å². The van der Waals surface area contributed by atoms with Gasteiger partial charge in [-0.05, 0) is 12.3 Å². The second-order valence-corrected chi connectivity index (χ2v) is 5.41. The number of nitrogens with zero attached hydrogens (tertiary/aromatic N) is 3. The molecule has 0 saturated heterocycles. The lowest BCUT2D eigenvalue weighted by Gasteiger charge is -2.18. The molecule has 1 amide bonds. The molecule has 15 heavy (non-hydrogen) atoms. The molecule has 0 N–H and O–H groups in total. The molecule has 5 heteroatoms. The maximum atomic E-state index is 12.0. The molecule has 1 fully saturated rings. The quantitative estimate of drug-likeness (QED) is 0.536. The Hall–Kier alpha value is -0.720. The van der Waals surface area contributed by atoms with Gasteiger partial charge in [0.05, 0.1) is 9.62 Å². The molecule has 1 aliphatic heterocycles. The van der Waals surface area contributed by atoms with Gasteiger partial charge in [0, 0.05) is 25.4 Å². The predicted molar refractivity (Wildman–Crippen MR) is 64.1 cm³/mol. The summed E-state index contributed by atoms with van der Waals surface area (Å²) in [4.78, 5) is 22.3. The van der Waals surface area contributed by atoms with Crippen molar-refractivity contribution in [1.29, 1.82) is 0 Å². The van der Waals surface area contributed by atoms with Crippen LogP contribution in [0.15, 0.2) is 12.4 Å². The van der Waals surface area contributed by atoms with E-state index in [0.717, 1.165) is 17.9 Å². The Morgan fingerprint density at radius 2 is 2.20 bits per heavy atom. The Balaban J connectivity index is 2.14. The minimum Gasteiger partial charge on any atom is -0.298 e. The Labute approximate surface area is 101 Å². The number of rotatable bonds is 0. The van der Waals surface area contributed by atoms with Crippen molar-refractivity contribution >= 4 is 34.3 Å². The summed E-state index contributed by atoms with van der Waals surface area (Å²) < 4.78 is 0.0774. The standard InChI is InChI=1S/C10H10IN3O/c1-14-9-8(12-2-3-13-9)6-4-5(6)7(11)10(14)15/h2-3,5-7H,4H2,1H3. The molecule has 4 nitrogen and oxygen atoms in total. The molecule has 3 unspecified atom stereocenters. The van der Waals surface area contributed by atoms with Crippen molar-refractivity contribution < 1.29 is 4.79 Å². The van der Waals surface area contributed by atoms with E-state index < -0.39 is 0 Å². The van der Waals surface area contributed by atoms with Gasteiger partial charge in [-0.3, -0.25) is 14.7 Å². The second-order valence-electron chi connectivity index (χ2n) is 4.07. The highest BCUT2D eigenvalue weighted by molar-refractivity contribution is 14.1. The molecular weight excluding hydrogens is 305 g/mol. The summed E-state index contributed by atoms with van der Waals surface area (Å²) >= 11 is 2.24. The smallest absolute Gasteiger partial charge is 0.241 e. The minimum atomic E-state index is 0.0774. The first-order valence-electron chi connectivity index (χ1n) is 4.92. The molecule has 1 aromatic rings. The molecule has 3 rings (SSSR count). The van der Waals surface area contributed by atoms with E-state index in [1.807, 2.05) is 0 Å². The summed E-state index contributed by atoms with van der Waals surface area (Å²) in [5, 5.41) is 0. The van der Waals surface area contributed by atoms with Crippen LogP contribution in [-0.2, 0) is 4.79 Å². The number of hydrogen-bond acceptors (Lipinski definition) is 3. The van der Waals surface area contributed by atoms with Crippen LogP contribution in [-0.4, -0.2) is 26.8 Å². The summed E-state index contributed by atoms with van der Waals surface area (Å²) in [5.41, 5.74) is 0.998. The van der Waals surface area contributed by atoms with Gasteiger partial charge in [0.1, 0.15) is 0 Å². The van der Waals surface area contributed by atoms with Gasteiger partial charge in [-0.15, -0.1) is 0 Å². The fourth-order valence-corrected chi connectivity index (χ4v) is 3.40. The van der Waals surface area contributed by atoms with Gasteiger partial charge in [0.15, 0.2) is 5.82 Å². The van der Waals surface area contributed by atoms with Crippen LogP contribution >= 0.6 is 22.6 Å². The molecule has 2 aliphatic rings. The van der Waals surface area contributed by atoms with E-state index in [9.17, 15) is 4.79 Å². The number of halogens is 1. The van der Waals surface area contributed by atoms with E-state index in [2.05, 4.69) is 32.6 Å². The zero-order valence-electron chi connectivity index (χ0n) is 8.22. The molecule has 0 spiro atoms. The molecule has 78 valence electrons. The normalized spacial score (nSPS) is 33.1. The first kappa shape index (κ1) is 9.50. The van der Waals surface area contributed by atoms with Crippen LogP contribution in [0.1, 0.15) is 18.0 Å². The summed E-state index contributed by atoms with van der Waals surface area (Å²) in [6.45, 7) is 0. The zero-order chi connectivity index (χ0) is 10.6. The number of aromatic nitrogens is 2. The lowest BCUT2D eigenvalue weighted by molar-refractivity contribution is -0.117. The van der Waals surface area contributed by atoms with E-state index >= 15 is 0 Å². The fraction of sp³-hybridized carbons (Fsp3) is 0.500. The topological polar surface area (TPSA) is 46.1 Å². The van der Waals surface area contributed by atoms with Crippen molar-refractivity contribution in [2.24, 2.45) is 5.92 Å². The highest BCUT2D eigenvalue weighted by Crippen LogP contribution is 2.55. The largest absolute Gasteiger partial charge is 0.298 e. The molecule has 0 aromatic carbocycles. The van der Waals surface area contributed by atoms with Crippen molar-refractivity contribution in [2.45, 2.75) is 16.3 Å². The maximum Gasteiger partial charge on any atom is 0.241 e. The first-order valence-corrected chi connectivity index (χ1v) is 6.17. The Morgan fingerprint density at radius 1 is 1.47 bits per heavy atom. The predicted octanol–water partition coefficient (Wildman–Crippen LogP) is 1.36. The van der Waals surface area contributed by atoms with Crippen LogP contribution in [0.3, 0.4) is 0 Å². The molecule has 1 aromatic heterocycles.